The molecule has 23 nitrogen and oxygen atoms in total. The van der Waals surface area contributed by atoms with Crippen LogP contribution in [0.25, 0.3) is 0 Å². The zero-order valence-corrected chi connectivity index (χ0v) is 43.7. The number of ether oxygens (including phenoxy) is 7. The molecule has 0 radical (unpaired) electrons. The van der Waals surface area contributed by atoms with E-state index in [1.165, 1.54) is 43.5 Å². The van der Waals surface area contributed by atoms with Crippen LogP contribution in [0.3, 0.4) is 0 Å². The predicted octanol–water partition coefficient (Wildman–Crippen LogP) is 2.16. The molecule has 1 saturated heterocycles. The van der Waals surface area contributed by atoms with Crippen LogP contribution in [0.1, 0.15) is 63.5 Å². The van der Waals surface area contributed by atoms with Crippen LogP contribution in [0.2, 0.25) is 0 Å². The number of nitrogens with zero attached hydrogens (tertiary/aromatic N) is 3. The summed E-state index contributed by atoms with van der Waals surface area (Å²) in [6.45, 7) is 6.89. The summed E-state index contributed by atoms with van der Waals surface area (Å²) >= 11 is 0. The summed E-state index contributed by atoms with van der Waals surface area (Å²) in [6.07, 6.45) is 4.96. The molecule has 0 bridgehead atoms. The Bertz CT molecular complexity index is 2690. The van der Waals surface area contributed by atoms with Gasteiger partial charge in [0.2, 0.25) is 5.69 Å². The van der Waals surface area contributed by atoms with E-state index in [0.717, 1.165) is 0 Å². The number of anilines is 1. The van der Waals surface area contributed by atoms with Crippen molar-refractivity contribution in [2.75, 3.05) is 117 Å². The Morgan fingerprint density at radius 2 is 1.23 bits per heavy atom. The third-order valence-corrected chi connectivity index (χ3v) is 14.9. The van der Waals surface area contributed by atoms with Crippen molar-refractivity contribution in [1.82, 2.24) is 5.06 Å². The van der Waals surface area contributed by atoms with Crippen LogP contribution in [0.5, 0.6) is 0 Å². The average molecular weight is 1090 g/mol. The van der Waals surface area contributed by atoms with Gasteiger partial charge in [0.15, 0.2) is 12.3 Å². The highest BCUT2D eigenvalue weighted by molar-refractivity contribution is 7.86. The highest BCUT2D eigenvalue weighted by Crippen LogP contribution is 2.51. The van der Waals surface area contributed by atoms with E-state index in [0.29, 0.717) is 78.6 Å². The van der Waals surface area contributed by atoms with Gasteiger partial charge in [0.1, 0.15) is 26.8 Å². The summed E-state index contributed by atoms with van der Waals surface area (Å²) in [6, 6.07) is 7.93. The largest absolute Gasteiger partial charge is 0.748 e. The Kier molecular flexibility index (Phi) is 21.8. The van der Waals surface area contributed by atoms with E-state index in [1.807, 2.05) is 16.4 Å². The van der Waals surface area contributed by atoms with Gasteiger partial charge >= 0.3 is 5.97 Å². The van der Waals surface area contributed by atoms with Gasteiger partial charge in [-0.3, -0.25) is 9.59 Å². The fraction of sp³-hybridized carbons (Fsp3) is 0.574. The normalized spacial score (nSPS) is 19.8. The SMILES string of the molecule is COCCOCCOCCOCCOCC[N+]1=C(/C=C/C=C2/N(CCOCCC(=O)ON3C(=O)CCC3=O)c3ccc(S(=O)(=O)[O-])cc3C2(C)CCOC)C(C)(CCCS(=O)(=O)[O-])c2cc(S(=O)(=O)[O-])ccc21. The van der Waals surface area contributed by atoms with Crippen LogP contribution in [-0.4, -0.2) is 184 Å². The molecule has 406 valence electrons. The van der Waals surface area contributed by atoms with Crippen molar-refractivity contribution >= 4 is 65.2 Å². The van der Waals surface area contributed by atoms with Gasteiger partial charge in [-0.25, -0.2) is 30.0 Å². The van der Waals surface area contributed by atoms with Crippen molar-refractivity contribution in [1.29, 1.82) is 0 Å². The lowest BCUT2D eigenvalue weighted by Crippen LogP contribution is -2.33. The highest BCUT2D eigenvalue weighted by Gasteiger charge is 2.48. The molecule has 1 fully saturated rings. The number of benzene rings is 2. The first-order chi connectivity index (χ1) is 34.5. The number of hydroxylamine groups is 2. The molecule has 3 aliphatic rings. The summed E-state index contributed by atoms with van der Waals surface area (Å²) < 4.78 is 150. The topological polar surface area (TPSA) is 306 Å². The monoisotopic (exact) mass is 1090 g/mol. The number of fused-ring (bicyclic) bond motifs is 2. The van der Waals surface area contributed by atoms with Crippen LogP contribution < -0.4 is 4.90 Å². The Labute approximate surface area is 426 Å². The molecular weight excluding hydrogens is 1020 g/mol. The molecule has 73 heavy (non-hydrogen) atoms. The molecule has 2 aromatic rings. The molecule has 2 unspecified atom stereocenters. The molecule has 0 saturated carbocycles. The number of carbonyl (C=O) groups excluding carboxylic acids is 3. The second-order valence-electron chi connectivity index (χ2n) is 17.5. The predicted molar refractivity (Wildman–Crippen MR) is 256 cm³/mol. The maximum Gasteiger partial charge on any atom is 0.335 e. The van der Waals surface area contributed by atoms with Gasteiger partial charge in [-0.05, 0) is 75.1 Å². The number of hydrogen-bond acceptors (Lipinski definition) is 21. The zero-order chi connectivity index (χ0) is 53.5. The van der Waals surface area contributed by atoms with E-state index >= 15 is 0 Å². The van der Waals surface area contributed by atoms with Gasteiger partial charge in [0.05, 0.1) is 97.8 Å². The first-order valence-electron chi connectivity index (χ1n) is 23.4. The maximum absolute atomic E-state index is 12.5. The number of imide groups is 1. The molecule has 2 atom stereocenters. The lowest BCUT2D eigenvalue weighted by Gasteiger charge is -2.30. The molecule has 0 aliphatic carbocycles. The van der Waals surface area contributed by atoms with Gasteiger partial charge in [-0.1, -0.05) is 6.08 Å². The molecule has 2 aromatic carbocycles. The minimum absolute atomic E-state index is 0.00658. The number of carbonyl (C=O) groups is 3. The van der Waals surface area contributed by atoms with E-state index in [2.05, 4.69) is 0 Å². The summed E-state index contributed by atoms with van der Waals surface area (Å²) in [5.41, 5.74) is 0.831. The minimum atomic E-state index is -4.96. The number of methoxy groups -OCH3 is 2. The van der Waals surface area contributed by atoms with E-state index in [-0.39, 0.29) is 91.3 Å². The van der Waals surface area contributed by atoms with Gasteiger partial charge < -0.3 is 56.6 Å². The van der Waals surface area contributed by atoms with E-state index < -0.39 is 74.5 Å². The second-order valence-corrected chi connectivity index (χ2v) is 21.8. The molecule has 3 aliphatic heterocycles. The Morgan fingerprint density at radius 1 is 0.685 bits per heavy atom. The van der Waals surface area contributed by atoms with Crippen molar-refractivity contribution < 1.29 is 95.9 Å². The third kappa shape index (κ3) is 16.2. The van der Waals surface area contributed by atoms with E-state index in [4.69, 9.17) is 38.0 Å². The molecule has 2 amide bonds. The molecule has 0 spiro atoms. The summed E-state index contributed by atoms with van der Waals surface area (Å²) in [7, 11) is -11.4. The maximum atomic E-state index is 12.5. The van der Waals surface area contributed by atoms with Crippen molar-refractivity contribution in [3.8, 4) is 0 Å². The Hall–Kier alpha value is -4.55. The fourth-order valence-electron chi connectivity index (χ4n) is 8.80. The number of amides is 2. The van der Waals surface area contributed by atoms with Crippen LogP contribution in [0.15, 0.2) is 70.1 Å². The Morgan fingerprint density at radius 3 is 1.81 bits per heavy atom. The quantitative estimate of drug-likeness (QED) is 0.0428. The van der Waals surface area contributed by atoms with Gasteiger partial charge in [0.25, 0.3) is 11.8 Å². The lowest BCUT2D eigenvalue weighted by atomic mass is 9.75. The second kappa shape index (κ2) is 26.8. The van der Waals surface area contributed by atoms with Gasteiger partial charge in [0, 0.05) is 80.5 Å². The Balaban J connectivity index is 1.46. The van der Waals surface area contributed by atoms with Crippen LogP contribution in [0, 0.1) is 0 Å². The van der Waals surface area contributed by atoms with E-state index in [9.17, 15) is 53.3 Å². The van der Waals surface area contributed by atoms with Gasteiger partial charge in [-0.2, -0.15) is 4.58 Å². The van der Waals surface area contributed by atoms with Crippen LogP contribution >= 0.6 is 0 Å². The fourth-order valence-corrected chi connectivity index (χ4v) is 10.3. The first kappa shape index (κ1) is 59.3. The van der Waals surface area contributed by atoms with Crippen LogP contribution in [-0.2, 0) is 93.6 Å². The van der Waals surface area contributed by atoms with Crippen molar-refractivity contribution in [2.45, 2.75) is 73.0 Å². The molecule has 26 heteroatoms. The van der Waals surface area contributed by atoms with Crippen molar-refractivity contribution in [3.05, 3.63) is 71.5 Å². The molecule has 3 heterocycles. The zero-order valence-electron chi connectivity index (χ0n) is 41.3. The lowest BCUT2D eigenvalue weighted by molar-refractivity contribution is -0.442. The third-order valence-electron chi connectivity index (χ3n) is 12.5. The van der Waals surface area contributed by atoms with Crippen LogP contribution in [0.4, 0.5) is 11.4 Å². The summed E-state index contributed by atoms with van der Waals surface area (Å²) in [5, 5.41) is 0.441. The standard InChI is InChI=1S/C47H65N3O20S3/c1-46(16-6-32-71(54,55)56)37-33-35(72(57,58)59)9-11-39(37)48(19-23-66-26-27-68-30-31-69-29-28-67-25-24-64-4)41(46)7-5-8-42-47(2,17-21-63-3)38-34-36(73(60,61)62)10-12-40(38)49(42)18-22-65-20-15-45(53)70-50-43(51)13-14-44(50)52/h5,7-12,33-34H,6,13-32H2,1-4H3,(H2-,54,55,56,57,58,59,60,61,62)/p-2. The highest BCUT2D eigenvalue weighted by atomic mass is 32.2. The average Bonchev–Trinajstić information content (AvgIpc) is 3.85. The summed E-state index contributed by atoms with van der Waals surface area (Å²) in [5.74, 6) is -2.83. The first-order valence-corrected chi connectivity index (χ1v) is 27.8. The molecule has 0 aromatic heterocycles. The smallest absolute Gasteiger partial charge is 0.335 e. The van der Waals surface area contributed by atoms with E-state index in [1.54, 1.807) is 32.3 Å². The van der Waals surface area contributed by atoms with Gasteiger partial charge in [-0.15, -0.1) is 5.06 Å². The number of hydrogen-bond donors (Lipinski definition) is 0. The molecule has 5 rings (SSSR count). The number of rotatable bonds is 33. The minimum Gasteiger partial charge on any atom is -0.748 e. The molecule has 0 N–H and O–H groups in total. The molecular formula is C47H63N3O20S3-2. The summed E-state index contributed by atoms with van der Waals surface area (Å²) in [4.78, 5) is 42.1. The van der Waals surface area contributed by atoms with Crippen molar-refractivity contribution in [2.24, 2.45) is 0 Å². The van der Waals surface area contributed by atoms with Crippen molar-refractivity contribution in [3.63, 3.8) is 0 Å². The number of allylic oxidation sites excluding steroid dienone is 4.